The van der Waals surface area contributed by atoms with Crippen molar-refractivity contribution in [3.8, 4) is 23.0 Å². The molecular formula is C33H38FN5O4. The fraction of sp³-hybridized carbons (Fsp3) is 0.485. The molecular weight excluding hydrogens is 549 g/mol. The van der Waals surface area contributed by atoms with Gasteiger partial charge in [0, 0.05) is 29.8 Å². The zero-order valence-corrected chi connectivity index (χ0v) is 24.7. The Morgan fingerprint density at radius 3 is 2.84 bits per heavy atom. The minimum Gasteiger partial charge on any atom is -0.508 e. The minimum atomic E-state index is -1.12. The predicted molar refractivity (Wildman–Crippen MR) is 163 cm³/mol. The van der Waals surface area contributed by atoms with Crippen molar-refractivity contribution < 1.29 is 24.1 Å². The highest BCUT2D eigenvalue weighted by atomic mass is 19.1. The van der Waals surface area contributed by atoms with Crippen LogP contribution in [0.2, 0.25) is 0 Å². The van der Waals surface area contributed by atoms with Gasteiger partial charge < -0.3 is 29.5 Å². The third-order valence-electron chi connectivity index (χ3n) is 9.56. The summed E-state index contributed by atoms with van der Waals surface area (Å²) in [7, 11) is 2.19. The molecule has 10 heteroatoms. The molecule has 2 aromatic carbocycles. The average Bonchev–Trinajstić information content (AvgIpc) is 3.34. The van der Waals surface area contributed by atoms with E-state index in [4.69, 9.17) is 14.5 Å². The minimum absolute atomic E-state index is 0.0219. The molecule has 0 radical (unpaired) electrons. The van der Waals surface area contributed by atoms with Crippen LogP contribution in [0.15, 0.2) is 42.6 Å². The van der Waals surface area contributed by atoms with E-state index in [9.17, 15) is 10.2 Å². The Morgan fingerprint density at radius 2 is 1.95 bits per heavy atom. The van der Waals surface area contributed by atoms with Crippen LogP contribution in [0.25, 0.3) is 32.9 Å². The van der Waals surface area contributed by atoms with Crippen LogP contribution in [0.5, 0.6) is 11.8 Å². The number of hydrogen-bond donors (Lipinski definition) is 2. The first-order valence-corrected chi connectivity index (χ1v) is 15.2. The van der Waals surface area contributed by atoms with E-state index >= 15 is 4.39 Å². The Kier molecular flexibility index (Phi) is 7.10. The number of aromatic nitrogens is 3. The molecule has 3 atom stereocenters. The maximum Gasteiger partial charge on any atom is 0.319 e. The summed E-state index contributed by atoms with van der Waals surface area (Å²) in [4.78, 5) is 18.4. The topological polar surface area (TPSA) is 104 Å². The number of β-amino-alcohol motifs (C(OH)–C–C–N with tert-alkyl or cyclic N) is 1. The van der Waals surface area contributed by atoms with Crippen LogP contribution in [-0.2, 0) is 4.74 Å². The molecule has 3 aliphatic rings. The number of aromatic hydroxyl groups is 1. The fourth-order valence-electron chi connectivity index (χ4n) is 7.57. The van der Waals surface area contributed by atoms with Gasteiger partial charge in [-0.1, -0.05) is 30.7 Å². The van der Waals surface area contributed by atoms with Crippen LogP contribution in [0, 0.1) is 11.2 Å². The van der Waals surface area contributed by atoms with Crippen LogP contribution >= 0.6 is 0 Å². The molecule has 1 saturated carbocycles. The summed E-state index contributed by atoms with van der Waals surface area (Å²) in [6.07, 6.45) is 7.17. The Morgan fingerprint density at radius 1 is 1.12 bits per heavy atom. The number of pyridine rings is 1. The lowest BCUT2D eigenvalue weighted by molar-refractivity contribution is -0.0123. The molecule has 2 aliphatic heterocycles. The van der Waals surface area contributed by atoms with Crippen LogP contribution in [0.4, 0.5) is 10.2 Å². The molecule has 2 saturated heterocycles. The third kappa shape index (κ3) is 5.15. The lowest BCUT2D eigenvalue weighted by Gasteiger charge is -2.44. The molecule has 0 spiro atoms. The van der Waals surface area contributed by atoms with Gasteiger partial charge in [-0.3, -0.25) is 4.98 Å². The van der Waals surface area contributed by atoms with Crippen LogP contribution < -0.4 is 9.64 Å². The zero-order chi connectivity index (χ0) is 29.8. The molecule has 2 N–H and O–H groups in total. The van der Waals surface area contributed by atoms with Gasteiger partial charge in [0.2, 0.25) is 0 Å². The summed E-state index contributed by atoms with van der Waals surface area (Å²) in [6.45, 7) is 4.55. The second kappa shape index (κ2) is 10.8. The van der Waals surface area contributed by atoms with Crippen LogP contribution in [0.3, 0.4) is 0 Å². The van der Waals surface area contributed by atoms with E-state index in [0.717, 1.165) is 49.4 Å². The van der Waals surface area contributed by atoms with E-state index in [-0.39, 0.29) is 41.5 Å². The monoisotopic (exact) mass is 587 g/mol. The van der Waals surface area contributed by atoms with Gasteiger partial charge in [-0.2, -0.15) is 9.97 Å². The van der Waals surface area contributed by atoms with Gasteiger partial charge in [-0.25, -0.2) is 4.39 Å². The number of halogens is 1. The molecule has 4 heterocycles. The molecule has 1 aliphatic carbocycles. The number of phenolic OH excluding ortho intramolecular Hbond substituents is 1. The van der Waals surface area contributed by atoms with E-state index in [1.54, 1.807) is 19.2 Å². The predicted octanol–water partition coefficient (Wildman–Crippen LogP) is 4.92. The largest absolute Gasteiger partial charge is 0.508 e. The molecule has 9 nitrogen and oxygen atoms in total. The number of nitrogens with zero attached hydrogens (tertiary/aromatic N) is 5. The highest BCUT2D eigenvalue weighted by molar-refractivity contribution is 5.99. The Balaban J connectivity index is 1.35. The van der Waals surface area contributed by atoms with E-state index < -0.39 is 11.4 Å². The van der Waals surface area contributed by atoms with E-state index in [2.05, 4.69) is 21.9 Å². The number of likely N-dealkylation sites (tertiary alicyclic amines) is 1. The summed E-state index contributed by atoms with van der Waals surface area (Å²) >= 11 is 0. The molecule has 226 valence electrons. The maximum atomic E-state index is 16.6. The van der Waals surface area contributed by atoms with E-state index in [0.29, 0.717) is 42.6 Å². The van der Waals surface area contributed by atoms with Crippen molar-refractivity contribution in [2.75, 3.05) is 51.4 Å². The number of aliphatic hydroxyl groups is 1. The maximum absolute atomic E-state index is 16.6. The van der Waals surface area contributed by atoms with Gasteiger partial charge in [0.25, 0.3) is 0 Å². The van der Waals surface area contributed by atoms with Crippen molar-refractivity contribution >= 4 is 27.5 Å². The smallest absolute Gasteiger partial charge is 0.319 e. The highest BCUT2D eigenvalue weighted by Gasteiger charge is 2.47. The third-order valence-corrected chi connectivity index (χ3v) is 9.56. The van der Waals surface area contributed by atoms with Gasteiger partial charge >= 0.3 is 6.01 Å². The van der Waals surface area contributed by atoms with Gasteiger partial charge in [-0.15, -0.1) is 0 Å². The van der Waals surface area contributed by atoms with Crippen molar-refractivity contribution in [3.63, 3.8) is 0 Å². The van der Waals surface area contributed by atoms with Gasteiger partial charge in [-0.05, 0) is 69.1 Å². The molecule has 43 heavy (non-hydrogen) atoms. The van der Waals surface area contributed by atoms with Crippen molar-refractivity contribution in [2.45, 2.75) is 50.7 Å². The first-order valence-electron chi connectivity index (χ1n) is 15.2. The number of hydrogen-bond acceptors (Lipinski definition) is 9. The van der Waals surface area contributed by atoms with E-state index in [1.807, 2.05) is 29.2 Å². The average molecular weight is 588 g/mol. The summed E-state index contributed by atoms with van der Waals surface area (Å²) in [5.41, 5.74) is -0.451. The highest BCUT2D eigenvalue weighted by Crippen LogP contribution is 2.47. The number of anilines is 1. The molecule has 0 bridgehead atoms. The number of piperidine rings is 1. The molecule has 3 fully saturated rings. The summed E-state index contributed by atoms with van der Waals surface area (Å²) in [5, 5.41) is 23.4. The standard InChI is InChI=1S/C33H38FN5O4/c1-32(41)18-39(13-14-42-19-32)30-25-17-35-28(24-16-22(40)15-21-7-3-4-8-23(21)24)27(34)29(25)36-31(37-30)43-20-33-10-5-9-26(33)38(2)12-6-11-33/h3-4,7-8,15-17,26,40-41H,5-6,9-14,18-20H2,1-2H3/t26-,32+,33-/m1/s1. The van der Waals surface area contributed by atoms with Gasteiger partial charge in [0.15, 0.2) is 5.82 Å². The van der Waals surface area contributed by atoms with E-state index in [1.165, 1.54) is 6.07 Å². The normalized spacial score (nSPS) is 26.5. The number of fused-ring (bicyclic) bond motifs is 3. The SMILES string of the molecule is CN1CCC[C@@]2(COc3nc(N4CCOC[C@@](C)(O)C4)c4cnc(-c5cc(O)cc6ccccc56)c(F)c4n3)CCC[C@@H]12. The number of ether oxygens (including phenoxy) is 2. The fourth-order valence-corrected chi connectivity index (χ4v) is 7.57. The second-order valence-electron chi connectivity index (χ2n) is 12.8. The lowest BCUT2D eigenvalue weighted by atomic mass is 9.76. The molecule has 0 unspecified atom stereocenters. The molecule has 7 rings (SSSR count). The first-order chi connectivity index (χ1) is 20.7. The van der Waals surface area contributed by atoms with Crippen LogP contribution in [-0.4, -0.2) is 88.2 Å². The Hall–Kier alpha value is -3.60. The van der Waals surface area contributed by atoms with Crippen molar-refractivity contribution in [2.24, 2.45) is 5.41 Å². The van der Waals surface area contributed by atoms with Gasteiger partial charge in [0.1, 0.15) is 28.4 Å². The molecule has 0 amide bonds. The van der Waals surface area contributed by atoms with Crippen LogP contribution in [0.1, 0.15) is 39.0 Å². The Labute approximate surface area is 250 Å². The Bertz CT molecular complexity index is 1680. The molecule has 2 aromatic heterocycles. The number of rotatable bonds is 5. The van der Waals surface area contributed by atoms with Crippen molar-refractivity contribution in [1.82, 2.24) is 19.9 Å². The quantitative estimate of drug-likeness (QED) is 0.337. The number of benzene rings is 2. The van der Waals surface area contributed by atoms with Gasteiger partial charge in [0.05, 0.1) is 31.8 Å². The molecule has 4 aromatic rings. The first kappa shape index (κ1) is 28.2. The number of phenols is 1. The van der Waals surface area contributed by atoms with Crippen molar-refractivity contribution in [3.05, 3.63) is 48.4 Å². The summed E-state index contributed by atoms with van der Waals surface area (Å²) in [5.74, 6) is -0.142. The summed E-state index contributed by atoms with van der Waals surface area (Å²) in [6, 6.07) is 11.2. The van der Waals surface area contributed by atoms with Crippen molar-refractivity contribution in [1.29, 1.82) is 0 Å². The zero-order valence-electron chi connectivity index (χ0n) is 24.7. The second-order valence-corrected chi connectivity index (χ2v) is 12.8. The lowest BCUT2D eigenvalue weighted by Crippen LogP contribution is -2.50. The summed E-state index contributed by atoms with van der Waals surface area (Å²) < 4.78 is 28.7.